The number of nitrogens with one attached hydrogen (secondary N) is 2. The maximum absolute atomic E-state index is 12.3. The second kappa shape index (κ2) is 7.10. The molecule has 4 aromatic rings. The van der Waals surface area contributed by atoms with Crippen molar-refractivity contribution in [3.8, 4) is 11.3 Å². The third kappa shape index (κ3) is 3.24. The Kier molecular flexibility index (Phi) is 4.50. The summed E-state index contributed by atoms with van der Waals surface area (Å²) in [5.41, 5.74) is 3.05. The smallest absolute Gasteiger partial charge is 0.287 e. The monoisotopic (exact) mass is 364 g/mol. The van der Waals surface area contributed by atoms with Crippen molar-refractivity contribution in [1.82, 2.24) is 10.3 Å². The molecule has 1 amide bonds. The Morgan fingerprint density at radius 2 is 1.85 bits per heavy atom. The Bertz CT molecular complexity index is 1060. The maximum atomic E-state index is 12.3. The van der Waals surface area contributed by atoms with Crippen LogP contribution in [0.15, 0.2) is 71.3 Å². The summed E-state index contributed by atoms with van der Waals surface area (Å²) in [5, 5.41) is 4.67. The largest absolute Gasteiger partial charge is 0.451 e. The molecule has 0 saturated carbocycles. The zero-order valence-corrected chi connectivity index (χ0v) is 14.7. The van der Waals surface area contributed by atoms with Crippen LogP contribution in [0.1, 0.15) is 16.1 Å². The number of hydrogen-bond donors (Lipinski definition) is 2. The van der Waals surface area contributed by atoms with E-state index in [-0.39, 0.29) is 11.7 Å². The highest BCUT2D eigenvalue weighted by atomic mass is 35.5. The van der Waals surface area contributed by atoms with E-state index in [1.54, 1.807) is 18.2 Å². The molecular weight excluding hydrogens is 348 g/mol. The number of aromatic amines is 1. The van der Waals surface area contributed by atoms with Crippen LogP contribution < -0.4 is 5.32 Å². The molecule has 0 saturated heterocycles. The molecule has 2 aromatic carbocycles. The molecule has 5 heteroatoms. The molecular formula is C21H17ClN2O2. The molecule has 2 aromatic heterocycles. The molecule has 0 atom stereocenters. The normalized spacial score (nSPS) is 11.0. The van der Waals surface area contributed by atoms with Crippen molar-refractivity contribution >= 4 is 28.4 Å². The van der Waals surface area contributed by atoms with Crippen LogP contribution in [0, 0.1) is 0 Å². The van der Waals surface area contributed by atoms with Gasteiger partial charge in [-0.2, -0.15) is 0 Å². The average Bonchev–Trinajstić information content (AvgIpc) is 3.30. The van der Waals surface area contributed by atoms with Gasteiger partial charge in [-0.3, -0.25) is 4.79 Å². The van der Waals surface area contributed by atoms with Crippen molar-refractivity contribution in [3.63, 3.8) is 0 Å². The van der Waals surface area contributed by atoms with Crippen molar-refractivity contribution < 1.29 is 9.21 Å². The van der Waals surface area contributed by atoms with Gasteiger partial charge in [0.2, 0.25) is 0 Å². The summed E-state index contributed by atoms with van der Waals surface area (Å²) in [6.07, 6.45) is 2.73. The van der Waals surface area contributed by atoms with Crippen molar-refractivity contribution in [2.24, 2.45) is 0 Å². The molecule has 4 nitrogen and oxygen atoms in total. The Morgan fingerprint density at radius 1 is 1.04 bits per heavy atom. The Labute approximate surface area is 155 Å². The first-order valence-electron chi connectivity index (χ1n) is 8.40. The molecule has 2 N–H and O–H groups in total. The van der Waals surface area contributed by atoms with E-state index in [4.69, 9.17) is 16.0 Å². The Hall–Kier alpha value is -2.98. The van der Waals surface area contributed by atoms with Gasteiger partial charge in [0.1, 0.15) is 5.76 Å². The minimum Gasteiger partial charge on any atom is -0.451 e. The summed E-state index contributed by atoms with van der Waals surface area (Å²) in [7, 11) is 0. The minimum atomic E-state index is -0.233. The van der Waals surface area contributed by atoms with Gasteiger partial charge in [-0.05, 0) is 42.3 Å². The van der Waals surface area contributed by atoms with Crippen LogP contribution in [0.4, 0.5) is 0 Å². The first kappa shape index (κ1) is 16.5. The quantitative estimate of drug-likeness (QED) is 0.520. The summed E-state index contributed by atoms with van der Waals surface area (Å²) >= 11 is 6.17. The van der Waals surface area contributed by atoms with Crippen molar-refractivity contribution in [1.29, 1.82) is 0 Å². The molecule has 0 bridgehead atoms. The number of furan rings is 1. The molecule has 0 aliphatic rings. The predicted octanol–water partition coefficient (Wildman–Crippen LogP) is 5.05. The lowest BCUT2D eigenvalue weighted by atomic mass is 10.1. The summed E-state index contributed by atoms with van der Waals surface area (Å²) in [6, 6.07) is 18.9. The molecule has 26 heavy (non-hydrogen) atoms. The van der Waals surface area contributed by atoms with Crippen LogP contribution in [0.5, 0.6) is 0 Å². The summed E-state index contributed by atoms with van der Waals surface area (Å²) < 4.78 is 5.67. The van der Waals surface area contributed by atoms with Gasteiger partial charge in [-0.1, -0.05) is 41.9 Å². The fourth-order valence-electron chi connectivity index (χ4n) is 3.00. The van der Waals surface area contributed by atoms with E-state index in [0.717, 1.165) is 17.5 Å². The molecule has 0 unspecified atom stereocenters. The summed E-state index contributed by atoms with van der Waals surface area (Å²) in [4.78, 5) is 15.6. The highest BCUT2D eigenvalue weighted by Gasteiger charge is 2.13. The van der Waals surface area contributed by atoms with Crippen LogP contribution in [-0.2, 0) is 6.42 Å². The van der Waals surface area contributed by atoms with Crippen LogP contribution in [-0.4, -0.2) is 17.4 Å². The van der Waals surface area contributed by atoms with Crippen molar-refractivity contribution in [3.05, 3.63) is 83.2 Å². The average molecular weight is 365 g/mol. The maximum Gasteiger partial charge on any atom is 0.287 e. The standard InChI is InChI=1S/C21H17ClN2O2/c22-17-7-3-1-6-16(17)19-9-10-20(26-19)21(25)23-12-11-14-13-24-18-8-4-2-5-15(14)18/h1-10,13,24H,11-12H2,(H,23,25). The van der Waals surface area contributed by atoms with Gasteiger partial charge in [0.05, 0.1) is 5.02 Å². The molecule has 130 valence electrons. The lowest BCUT2D eigenvalue weighted by Gasteiger charge is -2.03. The fourth-order valence-corrected chi connectivity index (χ4v) is 3.23. The van der Waals surface area contributed by atoms with Crippen LogP contribution >= 0.6 is 11.6 Å². The molecule has 0 fully saturated rings. The van der Waals surface area contributed by atoms with Gasteiger partial charge in [0.25, 0.3) is 5.91 Å². The van der Waals surface area contributed by atoms with Gasteiger partial charge >= 0.3 is 0 Å². The number of benzene rings is 2. The number of hydrogen-bond acceptors (Lipinski definition) is 2. The number of carbonyl (C=O) groups excluding carboxylic acids is 1. The molecule has 2 heterocycles. The summed E-state index contributed by atoms with van der Waals surface area (Å²) in [6.45, 7) is 0.531. The van der Waals surface area contributed by atoms with Crippen LogP contribution in [0.2, 0.25) is 5.02 Å². The molecule has 0 aliphatic carbocycles. The van der Waals surface area contributed by atoms with Crippen molar-refractivity contribution in [2.75, 3.05) is 6.54 Å². The SMILES string of the molecule is O=C(NCCc1c[nH]c2ccccc12)c1ccc(-c2ccccc2Cl)o1. The fraction of sp³-hybridized carbons (Fsp3) is 0.0952. The second-order valence-electron chi connectivity index (χ2n) is 6.01. The highest BCUT2D eigenvalue weighted by molar-refractivity contribution is 6.33. The van der Waals surface area contributed by atoms with Gasteiger partial charge < -0.3 is 14.7 Å². The lowest BCUT2D eigenvalue weighted by Crippen LogP contribution is -2.25. The van der Waals surface area contributed by atoms with E-state index in [9.17, 15) is 4.79 Å². The number of carbonyl (C=O) groups is 1. The zero-order valence-electron chi connectivity index (χ0n) is 14.0. The number of aromatic nitrogens is 1. The number of halogens is 1. The molecule has 0 aliphatic heterocycles. The third-order valence-electron chi connectivity index (χ3n) is 4.32. The number of para-hydroxylation sites is 1. The zero-order chi connectivity index (χ0) is 17.9. The number of fused-ring (bicyclic) bond motifs is 1. The topological polar surface area (TPSA) is 58.0 Å². The first-order valence-corrected chi connectivity index (χ1v) is 8.78. The van der Waals surface area contributed by atoms with Crippen LogP contribution in [0.3, 0.4) is 0 Å². The van der Waals surface area contributed by atoms with Crippen LogP contribution in [0.25, 0.3) is 22.2 Å². The minimum absolute atomic E-state index is 0.233. The Balaban J connectivity index is 1.40. The van der Waals surface area contributed by atoms with E-state index in [2.05, 4.69) is 16.4 Å². The van der Waals surface area contributed by atoms with Gasteiger partial charge in [-0.25, -0.2) is 0 Å². The third-order valence-corrected chi connectivity index (χ3v) is 4.65. The van der Waals surface area contributed by atoms with Gasteiger partial charge in [-0.15, -0.1) is 0 Å². The lowest BCUT2D eigenvalue weighted by molar-refractivity contribution is 0.0927. The van der Waals surface area contributed by atoms with E-state index in [1.807, 2.05) is 42.6 Å². The number of rotatable bonds is 5. The highest BCUT2D eigenvalue weighted by Crippen LogP contribution is 2.29. The predicted molar refractivity (Wildman–Crippen MR) is 103 cm³/mol. The molecule has 4 rings (SSSR count). The Morgan fingerprint density at radius 3 is 2.73 bits per heavy atom. The van der Waals surface area contributed by atoms with E-state index >= 15 is 0 Å². The molecule has 0 radical (unpaired) electrons. The van der Waals surface area contributed by atoms with Gasteiger partial charge in [0.15, 0.2) is 5.76 Å². The van der Waals surface area contributed by atoms with Gasteiger partial charge in [0, 0.05) is 29.2 Å². The number of H-pyrrole nitrogens is 1. The van der Waals surface area contributed by atoms with Crippen molar-refractivity contribution in [2.45, 2.75) is 6.42 Å². The molecule has 0 spiro atoms. The first-order chi connectivity index (χ1) is 12.7. The summed E-state index contributed by atoms with van der Waals surface area (Å²) in [5.74, 6) is 0.624. The van der Waals surface area contributed by atoms with E-state index in [0.29, 0.717) is 17.3 Å². The number of amides is 1. The second-order valence-corrected chi connectivity index (χ2v) is 6.42. The van der Waals surface area contributed by atoms with E-state index < -0.39 is 0 Å². The van der Waals surface area contributed by atoms with E-state index in [1.165, 1.54) is 10.9 Å².